The Hall–Kier alpha value is -0.190. The lowest BCUT2D eigenvalue weighted by Crippen LogP contribution is -2.49. The molecular weight excluding hydrogens is 233 g/mol. The first-order valence-electron chi connectivity index (χ1n) is 7.28. The summed E-state index contributed by atoms with van der Waals surface area (Å²) in [5.41, 5.74) is 4.71. The van der Waals surface area contributed by atoms with Gasteiger partial charge in [0.15, 0.2) is 0 Å². The molecule has 18 heavy (non-hydrogen) atoms. The standard InChI is InChI=1S/C14H24FNO2/c15-14(4-1-12(16)2-5-14)11-3-7-18-13(9-11)6-8-17-10-13/h11-12H,1-10,16H2. The number of halogens is 1. The molecular formula is C14H24FNO2. The third-order valence-corrected chi connectivity index (χ3v) is 5.15. The molecule has 4 heteroatoms. The first kappa shape index (κ1) is 12.8. The van der Waals surface area contributed by atoms with E-state index in [0.29, 0.717) is 26.1 Å². The Morgan fingerprint density at radius 3 is 2.50 bits per heavy atom. The van der Waals surface area contributed by atoms with Crippen LogP contribution in [-0.4, -0.2) is 37.1 Å². The minimum atomic E-state index is -1.00. The summed E-state index contributed by atoms with van der Waals surface area (Å²) in [6, 6.07) is 0.206. The first-order valence-corrected chi connectivity index (χ1v) is 7.28. The molecule has 2 aliphatic heterocycles. The van der Waals surface area contributed by atoms with Crippen LogP contribution >= 0.6 is 0 Å². The quantitative estimate of drug-likeness (QED) is 0.783. The molecule has 2 heterocycles. The Labute approximate surface area is 108 Å². The van der Waals surface area contributed by atoms with Crippen LogP contribution in [0.25, 0.3) is 0 Å². The lowest BCUT2D eigenvalue weighted by Gasteiger charge is -2.45. The molecule has 2 saturated heterocycles. The largest absolute Gasteiger partial charge is 0.378 e. The van der Waals surface area contributed by atoms with Crippen molar-refractivity contribution < 1.29 is 13.9 Å². The number of rotatable bonds is 1. The highest BCUT2D eigenvalue weighted by Gasteiger charge is 2.49. The third kappa shape index (κ3) is 2.30. The molecule has 3 fully saturated rings. The third-order valence-electron chi connectivity index (χ3n) is 5.15. The van der Waals surface area contributed by atoms with Crippen LogP contribution in [0.2, 0.25) is 0 Å². The Bertz CT molecular complexity index is 296. The SMILES string of the molecule is NC1CCC(F)(C2CCOC3(CCOC3)C2)CC1. The highest BCUT2D eigenvalue weighted by molar-refractivity contribution is 4.99. The minimum Gasteiger partial charge on any atom is -0.378 e. The maximum Gasteiger partial charge on any atom is 0.114 e. The van der Waals surface area contributed by atoms with E-state index in [1.165, 1.54) is 0 Å². The average Bonchev–Trinajstić information content (AvgIpc) is 2.81. The van der Waals surface area contributed by atoms with E-state index in [-0.39, 0.29) is 17.6 Å². The van der Waals surface area contributed by atoms with E-state index in [1.807, 2.05) is 0 Å². The molecule has 2 atom stereocenters. The summed E-state index contributed by atoms with van der Waals surface area (Å²) < 4.78 is 26.5. The van der Waals surface area contributed by atoms with Crippen molar-refractivity contribution in [3.05, 3.63) is 0 Å². The van der Waals surface area contributed by atoms with E-state index in [0.717, 1.165) is 38.7 Å². The van der Waals surface area contributed by atoms with Crippen LogP contribution < -0.4 is 5.73 Å². The lowest BCUT2D eigenvalue weighted by atomic mass is 9.69. The van der Waals surface area contributed by atoms with Crippen LogP contribution in [0.5, 0.6) is 0 Å². The van der Waals surface area contributed by atoms with Crippen molar-refractivity contribution in [3.8, 4) is 0 Å². The topological polar surface area (TPSA) is 44.5 Å². The van der Waals surface area contributed by atoms with E-state index in [4.69, 9.17) is 15.2 Å². The molecule has 2 unspecified atom stereocenters. The van der Waals surface area contributed by atoms with Crippen molar-refractivity contribution in [2.24, 2.45) is 11.7 Å². The Kier molecular flexibility index (Phi) is 3.37. The maximum atomic E-state index is 15.1. The monoisotopic (exact) mass is 257 g/mol. The van der Waals surface area contributed by atoms with Gasteiger partial charge in [0.05, 0.1) is 12.2 Å². The van der Waals surface area contributed by atoms with Crippen molar-refractivity contribution in [2.75, 3.05) is 19.8 Å². The average molecular weight is 257 g/mol. The Morgan fingerprint density at radius 1 is 1.06 bits per heavy atom. The van der Waals surface area contributed by atoms with Gasteiger partial charge in [0, 0.05) is 25.7 Å². The molecule has 0 bridgehead atoms. The molecule has 0 aromatic heterocycles. The zero-order valence-electron chi connectivity index (χ0n) is 11.0. The van der Waals surface area contributed by atoms with Crippen LogP contribution in [0.1, 0.15) is 44.9 Å². The second-order valence-electron chi connectivity index (χ2n) is 6.40. The molecule has 0 aromatic rings. The van der Waals surface area contributed by atoms with E-state index in [9.17, 15) is 0 Å². The number of ether oxygens (including phenoxy) is 2. The molecule has 3 aliphatic rings. The van der Waals surface area contributed by atoms with Gasteiger partial charge in [-0.2, -0.15) is 0 Å². The van der Waals surface area contributed by atoms with Crippen molar-refractivity contribution in [1.82, 2.24) is 0 Å². The fourth-order valence-electron chi connectivity index (χ4n) is 3.86. The minimum absolute atomic E-state index is 0.139. The fourth-order valence-corrected chi connectivity index (χ4v) is 3.86. The van der Waals surface area contributed by atoms with Crippen molar-refractivity contribution >= 4 is 0 Å². The van der Waals surface area contributed by atoms with Gasteiger partial charge in [0.1, 0.15) is 5.67 Å². The Balaban J connectivity index is 1.68. The first-order chi connectivity index (χ1) is 8.62. The highest BCUT2D eigenvalue weighted by Crippen LogP contribution is 2.47. The summed E-state index contributed by atoms with van der Waals surface area (Å²) in [5, 5.41) is 0. The van der Waals surface area contributed by atoms with Crippen molar-refractivity contribution in [2.45, 2.75) is 62.3 Å². The van der Waals surface area contributed by atoms with Crippen LogP contribution in [0.3, 0.4) is 0 Å². The van der Waals surface area contributed by atoms with Crippen molar-refractivity contribution in [3.63, 3.8) is 0 Å². The number of hydrogen-bond donors (Lipinski definition) is 1. The van der Waals surface area contributed by atoms with Gasteiger partial charge in [-0.25, -0.2) is 4.39 Å². The summed E-state index contributed by atoms with van der Waals surface area (Å²) in [7, 11) is 0. The zero-order chi connectivity index (χ0) is 12.6. The van der Waals surface area contributed by atoms with E-state index >= 15 is 4.39 Å². The van der Waals surface area contributed by atoms with Gasteiger partial charge < -0.3 is 15.2 Å². The molecule has 1 saturated carbocycles. The number of alkyl halides is 1. The van der Waals surface area contributed by atoms with Crippen molar-refractivity contribution in [1.29, 1.82) is 0 Å². The van der Waals surface area contributed by atoms with Gasteiger partial charge >= 0.3 is 0 Å². The molecule has 0 radical (unpaired) electrons. The predicted molar refractivity (Wildman–Crippen MR) is 67.1 cm³/mol. The van der Waals surface area contributed by atoms with Gasteiger partial charge in [0.25, 0.3) is 0 Å². The van der Waals surface area contributed by atoms with Gasteiger partial charge in [0.2, 0.25) is 0 Å². The summed E-state index contributed by atoms with van der Waals surface area (Å²) in [4.78, 5) is 0. The Morgan fingerprint density at radius 2 is 1.83 bits per heavy atom. The van der Waals surface area contributed by atoms with Crippen LogP contribution in [0.15, 0.2) is 0 Å². The summed E-state index contributed by atoms with van der Waals surface area (Å²) in [6.45, 7) is 2.10. The normalized spacial score (nSPS) is 49.7. The zero-order valence-corrected chi connectivity index (χ0v) is 11.0. The second-order valence-corrected chi connectivity index (χ2v) is 6.40. The predicted octanol–water partition coefficient (Wildman–Crippen LogP) is 2.18. The second kappa shape index (κ2) is 4.73. The number of nitrogens with two attached hydrogens (primary N) is 1. The summed E-state index contributed by atoms with van der Waals surface area (Å²) in [6.07, 6.45) is 5.55. The van der Waals surface area contributed by atoms with E-state index in [2.05, 4.69) is 0 Å². The molecule has 0 aromatic carbocycles. The molecule has 3 rings (SSSR count). The van der Waals surface area contributed by atoms with Crippen LogP contribution in [-0.2, 0) is 9.47 Å². The van der Waals surface area contributed by atoms with Crippen LogP contribution in [0.4, 0.5) is 4.39 Å². The molecule has 1 aliphatic carbocycles. The molecule has 1 spiro atoms. The summed E-state index contributed by atoms with van der Waals surface area (Å²) >= 11 is 0. The molecule has 3 nitrogen and oxygen atoms in total. The van der Waals surface area contributed by atoms with E-state index in [1.54, 1.807) is 0 Å². The van der Waals surface area contributed by atoms with Crippen LogP contribution in [0, 0.1) is 5.92 Å². The molecule has 104 valence electrons. The van der Waals surface area contributed by atoms with Gasteiger partial charge in [-0.15, -0.1) is 0 Å². The summed E-state index contributed by atoms with van der Waals surface area (Å²) in [5.74, 6) is 0.139. The fraction of sp³-hybridized carbons (Fsp3) is 1.00. The maximum absolute atomic E-state index is 15.1. The molecule has 0 amide bonds. The number of hydrogen-bond acceptors (Lipinski definition) is 3. The smallest absolute Gasteiger partial charge is 0.114 e. The van der Waals surface area contributed by atoms with E-state index < -0.39 is 5.67 Å². The lowest BCUT2D eigenvalue weighted by molar-refractivity contribution is -0.130. The molecule has 2 N–H and O–H groups in total. The van der Waals surface area contributed by atoms with Gasteiger partial charge in [-0.1, -0.05) is 0 Å². The van der Waals surface area contributed by atoms with Gasteiger partial charge in [-0.3, -0.25) is 0 Å². The van der Waals surface area contributed by atoms with Gasteiger partial charge in [-0.05, 0) is 44.4 Å². The highest BCUT2D eigenvalue weighted by atomic mass is 19.1.